The maximum Gasteiger partial charge on any atom is 0.213 e. The average Bonchev–Trinajstić information content (AvgIpc) is 2.38. The van der Waals surface area contributed by atoms with Crippen molar-refractivity contribution in [2.75, 3.05) is 24.6 Å². The van der Waals surface area contributed by atoms with Gasteiger partial charge in [-0.15, -0.1) is 0 Å². The second-order valence-corrected chi connectivity index (χ2v) is 4.74. The molecule has 2 rings (SSSR count). The van der Waals surface area contributed by atoms with Crippen LogP contribution in [0.25, 0.3) is 0 Å². The van der Waals surface area contributed by atoms with E-state index >= 15 is 0 Å². The predicted molar refractivity (Wildman–Crippen MR) is 69.8 cm³/mol. The zero-order chi connectivity index (χ0) is 11.2. The molecule has 1 heterocycles. The van der Waals surface area contributed by atoms with Gasteiger partial charge in [0.1, 0.15) is 0 Å². The number of guanidine groups is 1. The van der Waals surface area contributed by atoms with E-state index in [9.17, 15) is 0 Å². The number of aliphatic imine (C=N–C) groups is 1. The largest absolute Gasteiger partial charge is 0.340 e. The third kappa shape index (κ3) is 2.90. The van der Waals surface area contributed by atoms with Crippen LogP contribution in [0.3, 0.4) is 0 Å². The minimum atomic E-state index is 0.756. The third-order valence-electron chi connectivity index (χ3n) is 2.43. The highest BCUT2D eigenvalue weighted by Crippen LogP contribution is 2.13. The molecule has 0 atom stereocenters. The van der Waals surface area contributed by atoms with Crippen molar-refractivity contribution in [2.45, 2.75) is 0 Å². The first-order valence-electron chi connectivity index (χ1n) is 5.33. The number of hydrazine groups is 1. The number of nitrogens with zero attached hydrogens (tertiary/aromatic N) is 2. The van der Waals surface area contributed by atoms with E-state index in [1.54, 1.807) is 0 Å². The SMILES string of the molecule is NNC(=Nc1ccccc1)N1CCSCC1. The summed E-state index contributed by atoms with van der Waals surface area (Å²) in [5, 5.41) is 0. The van der Waals surface area contributed by atoms with Crippen LogP contribution in [0, 0.1) is 0 Å². The van der Waals surface area contributed by atoms with E-state index in [0.717, 1.165) is 36.2 Å². The molecule has 1 aromatic rings. The van der Waals surface area contributed by atoms with E-state index in [2.05, 4.69) is 15.3 Å². The first-order chi connectivity index (χ1) is 7.90. The molecule has 16 heavy (non-hydrogen) atoms. The van der Waals surface area contributed by atoms with Gasteiger partial charge in [0.2, 0.25) is 5.96 Å². The molecular formula is C11H16N4S. The van der Waals surface area contributed by atoms with Gasteiger partial charge in [-0.2, -0.15) is 11.8 Å². The van der Waals surface area contributed by atoms with E-state index in [4.69, 9.17) is 5.84 Å². The highest BCUT2D eigenvalue weighted by atomic mass is 32.2. The lowest BCUT2D eigenvalue weighted by atomic mass is 10.3. The molecule has 0 unspecified atom stereocenters. The van der Waals surface area contributed by atoms with Gasteiger partial charge in [-0.1, -0.05) is 18.2 Å². The van der Waals surface area contributed by atoms with E-state index in [0.29, 0.717) is 0 Å². The third-order valence-corrected chi connectivity index (χ3v) is 3.37. The number of nitrogens with two attached hydrogens (primary N) is 1. The standard InChI is InChI=1S/C11H16N4S/c12-14-11(15-6-8-16-9-7-15)13-10-4-2-1-3-5-10/h1-5H,6-9,12H2,(H,13,14). The fourth-order valence-corrected chi connectivity index (χ4v) is 2.50. The van der Waals surface area contributed by atoms with Crippen molar-refractivity contribution >= 4 is 23.4 Å². The molecule has 1 saturated heterocycles. The molecule has 3 N–H and O–H groups in total. The number of benzene rings is 1. The van der Waals surface area contributed by atoms with Gasteiger partial charge >= 0.3 is 0 Å². The molecule has 1 aliphatic heterocycles. The first kappa shape index (κ1) is 11.3. The maximum absolute atomic E-state index is 5.52. The van der Waals surface area contributed by atoms with Gasteiger partial charge in [0.05, 0.1) is 5.69 Å². The van der Waals surface area contributed by atoms with Crippen molar-refractivity contribution < 1.29 is 0 Å². The Morgan fingerprint density at radius 1 is 1.25 bits per heavy atom. The molecular weight excluding hydrogens is 220 g/mol. The molecule has 0 radical (unpaired) electrons. The second kappa shape index (κ2) is 5.77. The van der Waals surface area contributed by atoms with Gasteiger partial charge in [-0.3, -0.25) is 5.43 Å². The lowest BCUT2D eigenvalue weighted by molar-refractivity contribution is 0.445. The van der Waals surface area contributed by atoms with Crippen molar-refractivity contribution in [3.63, 3.8) is 0 Å². The molecule has 0 spiro atoms. The molecule has 0 amide bonds. The average molecular weight is 236 g/mol. The monoisotopic (exact) mass is 236 g/mol. The smallest absolute Gasteiger partial charge is 0.213 e. The summed E-state index contributed by atoms with van der Waals surface area (Å²) >= 11 is 1.97. The number of thioether (sulfide) groups is 1. The van der Waals surface area contributed by atoms with E-state index in [-0.39, 0.29) is 0 Å². The van der Waals surface area contributed by atoms with Gasteiger partial charge in [0, 0.05) is 24.6 Å². The molecule has 1 aromatic carbocycles. The lowest BCUT2D eigenvalue weighted by Gasteiger charge is -2.28. The number of para-hydroxylation sites is 1. The van der Waals surface area contributed by atoms with Crippen molar-refractivity contribution in [1.82, 2.24) is 10.3 Å². The summed E-state index contributed by atoms with van der Waals surface area (Å²) in [6.07, 6.45) is 0. The minimum absolute atomic E-state index is 0.756. The van der Waals surface area contributed by atoms with Gasteiger partial charge in [0.15, 0.2) is 0 Å². The van der Waals surface area contributed by atoms with Crippen molar-refractivity contribution in [3.05, 3.63) is 30.3 Å². The van der Waals surface area contributed by atoms with Crippen molar-refractivity contribution in [2.24, 2.45) is 10.8 Å². The Balaban J connectivity index is 2.12. The normalized spacial score (nSPS) is 17.3. The lowest BCUT2D eigenvalue weighted by Crippen LogP contribution is -2.48. The Kier molecular flexibility index (Phi) is 4.07. The van der Waals surface area contributed by atoms with E-state index in [1.807, 2.05) is 42.1 Å². The molecule has 0 bridgehead atoms. The molecule has 0 aliphatic carbocycles. The molecule has 0 saturated carbocycles. The topological polar surface area (TPSA) is 53.6 Å². The summed E-state index contributed by atoms with van der Waals surface area (Å²) in [6, 6.07) is 9.86. The van der Waals surface area contributed by atoms with Crippen LogP contribution in [0.5, 0.6) is 0 Å². The Hall–Kier alpha value is -1.20. The zero-order valence-corrected chi connectivity index (χ0v) is 9.91. The summed E-state index contributed by atoms with van der Waals surface area (Å²) in [5.41, 5.74) is 3.61. The Labute approximate surface area is 99.9 Å². The first-order valence-corrected chi connectivity index (χ1v) is 6.48. The van der Waals surface area contributed by atoms with Crippen LogP contribution in [0.4, 0.5) is 5.69 Å². The molecule has 86 valence electrons. The second-order valence-electron chi connectivity index (χ2n) is 3.51. The number of hydrogen-bond acceptors (Lipinski definition) is 3. The summed E-state index contributed by atoms with van der Waals surface area (Å²) in [5.74, 6) is 8.55. The van der Waals surface area contributed by atoms with Gasteiger partial charge < -0.3 is 4.90 Å². The maximum atomic E-state index is 5.52. The quantitative estimate of drug-likeness (QED) is 0.333. The number of nitrogens with one attached hydrogen (secondary N) is 1. The Morgan fingerprint density at radius 2 is 1.94 bits per heavy atom. The van der Waals surface area contributed by atoms with Crippen LogP contribution in [0.1, 0.15) is 0 Å². The van der Waals surface area contributed by atoms with Crippen molar-refractivity contribution in [1.29, 1.82) is 0 Å². The van der Waals surface area contributed by atoms with Crippen LogP contribution in [-0.2, 0) is 0 Å². The van der Waals surface area contributed by atoms with Gasteiger partial charge in [-0.05, 0) is 12.1 Å². The fraction of sp³-hybridized carbons (Fsp3) is 0.364. The molecule has 5 heteroatoms. The summed E-state index contributed by atoms with van der Waals surface area (Å²) in [7, 11) is 0. The highest BCUT2D eigenvalue weighted by molar-refractivity contribution is 7.99. The van der Waals surface area contributed by atoms with Crippen molar-refractivity contribution in [3.8, 4) is 0 Å². The molecule has 1 aliphatic rings. The number of hydrogen-bond donors (Lipinski definition) is 2. The van der Waals surface area contributed by atoms with E-state index in [1.165, 1.54) is 0 Å². The van der Waals surface area contributed by atoms with Gasteiger partial charge in [0.25, 0.3) is 0 Å². The van der Waals surface area contributed by atoms with Crippen LogP contribution in [0.2, 0.25) is 0 Å². The van der Waals surface area contributed by atoms with Crippen LogP contribution in [0.15, 0.2) is 35.3 Å². The van der Waals surface area contributed by atoms with E-state index < -0.39 is 0 Å². The summed E-state index contributed by atoms with van der Waals surface area (Å²) in [4.78, 5) is 6.68. The molecule has 4 nitrogen and oxygen atoms in total. The molecule has 0 aromatic heterocycles. The predicted octanol–water partition coefficient (Wildman–Crippen LogP) is 1.19. The summed E-state index contributed by atoms with van der Waals surface area (Å²) in [6.45, 7) is 2.00. The Bertz CT molecular complexity index is 346. The van der Waals surface area contributed by atoms with Gasteiger partial charge in [-0.25, -0.2) is 10.8 Å². The Morgan fingerprint density at radius 3 is 2.56 bits per heavy atom. The van der Waals surface area contributed by atoms with Crippen LogP contribution < -0.4 is 11.3 Å². The fourth-order valence-electron chi connectivity index (χ4n) is 1.59. The molecule has 1 fully saturated rings. The zero-order valence-electron chi connectivity index (χ0n) is 9.10. The highest BCUT2D eigenvalue weighted by Gasteiger charge is 2.13. The van der Waals surface area contributed by atoms with Crippen LogP contribution in [-0.4, -0.2) is 35.5 Å². The van der Waals surface area contributed by atoms with Crippen LogP contribution >= 0.6 is 11.8 Å². The number of rotatable bonds is 1. The minimum Gasteiger partial charge on any atom is -0.340 e. The summed E-state index contributed by atoms with van der Waals surface area (Å²) < 4.78 is 0.